The van der Waals surface area contributed by atoms with Gasteiger partial charge in [-0.1, -0.05) is 0 Å². The average molecular weight is 463 g/mol. The number of aliphatic hydroxyl groups excluding tert-OH is 2. The summed E-state index contributed by atoms with van der Waals surface area (Å²) < 4.78 is 21.0. The van der Waals surface area contributed by atoms with E-state index in [9.17, 15) is 9.59 Å². The van der Waals surface area contributed by atoms with E-state index in [0.717, 1.165) is 25.7 Å². The van der Waals surface area contributed by atoms with Crippen LogP contribution >= 0.6 is 0 Å². The second kappa shape index (κ2) is 13.2. The summed E-state index contributed by atoms with van der Waals surface area (Å²) in [6, 6.07) is -0.0321. The predicted octanol–water partition coefficient (Wildman–Crippen LogP) is 2.10. The largest absolute Gasteiger partial charge is 0.444 e. The minimum absolute atomic E-state index is 0.0161. The first-order valence-electron chi connectivity index (χ1n) is 11.2. The molecule has 0 unspecified atom stereocenters. The summed E-state index contributed by atoms with van der Waals surface area (Å²) in [4.78, 5) is 22.9. The SMILES string of the molecule is CC(C)(C)OC(=O)N[C@@H]1CC[C@H](CO)OC1.CC(C)(C)OC(=O)N[C@H]1CC[C@@H](CO)OC1. The van der Waals surface area contributed by atoms with E-state index < -0.39 is 23.4 Å². The maximum absolute atomic E-state index is 11.4. The molecule has 2 heterocycles. The molecule has 0 spiro atoms. The molecule has 2 rings (SSSR count). The molecule has 2 amide bonds. The van der Waals surface area contributed by atoms with E-state index in [0.29, 0.717) is 13.2 Å². The predicted molar refractivity (Wildman–Crippen MR) is 118 cm³/mol. The van der Waals surface area contributed by atoms with Gasteiger partial charge < -0.3 is 39.8 Å². The highest BCUT2D eigenvalue weighted by molar-refractivity contribution is 5.68. The zero-order valence-electron chi connectivity index (χ0n) is 20.3. The number of hydrogen-bond acceptors (Lipinski definition) is 8. The smallest absolute Gasteiger partial charge is 0.407 e. The molecule has 0 aromatic rings. The highest BCUT2D eigenvalue weighted by atomic mass is 16.6. The van der Waals surface area contributed by atoms with Crippen molar-refractivity contribution in [2.75, 3.05) is 26.4 Å². The Morgan fingerprint density at radius 2 is 1.09 bits per heavy atom. The van der Waals surface area contributed by atoms with Crippen LogP contribution in [-0.4, -0.2) is 84.3 Å². The lowest BCUT2D eigenvalue weighted by Gasteiger charge is -2.29. The fourth-order valence-electron chi connectivity index (χ4n) is 3.08. The molecule has 0 saturated carbocycles. The molecule has 2 aliphatic rings. The molecule has 2 saturated heterocycles. The third kappa shape index (κ3) is 13.0. The van der Waals surface area contributed by atoms with E-state index in [2.05, 4.69) is 10.6 Å². The molecule has 0 radical (unpaired) electrons. The maximum atomic E-state index is 11.4. The van der Waals surface area contributed by atoms with Gasteiger partial charge >= 0.3 is 12.2 Å². The van der Waals surface area contributed by atoms with Gasteiger partial charge in [-0.2, -0.15) is 0 Å². The molecule has 10 nitrogen and oxygen atoms in total. The van der Waals surface area contributed by atoms with Gasteiger partial charge in [-0.15, -0.1) is 0 Å². The topological polar surface area (TPSA) is 136 Å². The number of nitrogens with one attached hydrogen (secondary N) is 2. The quantitative estimate of drug-likeness (QED) is 0.499. The van der Waals surface area contributed by atoms with Crippen LogP contribution < -0.4 is 10.6 Å². The second-order valence-corrected chi connectivity index (χ2v) is 10.1. The van der Waals surface area contributed by atoms with Crippen LogP contribution in [0.1, 0.15) is 67.2 Å². The van der Waals surface area contributed by atoms with Crippen molar-refractivity contribution >= 4 is 12.2 Å². The molecule has 2 aliphatic heterocycles. The van der Waals surface area contributed by atoms with Crippen LogP contribution in [0.4, 0.5) is 9.59 Å². The van der Waals surface area contributed by atoms with Gasteiger partial charge in [-0.3, -0.25) is 0 Å². The van der Waals surface area contributed by atoms with Crippen molar-refractivity contribution in [2.45, 2.75) is 103 Å². The average Bonchev–Trinajstić information content (AvgIpc) is 2.66. The Balaban J connectivity index is 0.000000320. The van der Waals surface area contributed by atoms with Crippen molar-refractivity contribution in [3.05, 3.63) is 0 Å². The van der Waals surface area contributed by atoms with Gasteiger partial charge in [-0.25, -0.2) is 9.59 Å². The molecule has 2 fully saturated rings. The Morgan fingerprint density at radius 3 is 1.31 bits per heavy atom. The van der Waals surface area contributed by atoms with Gasteiger partial charge in [0.25, 0.3) is 0 Å². The third-order valence-corrected chi connectivity index (χ3v) is 4.59. The van der Waals surface area contributed by atoms with Gasteiger partial charge in [0.1, 0.15) is 11.2 Å². The highest BCUT2D eigenvalue weighted by Gasteiger charge is 2.25. The Labute approximate surface area is 191 Å². The van der Waals surface area contributed by atoms with Crippen molar-refractivity contribution < 1.29 is 38.7 Å². The van der Waals surface area contributed by atoms with Gasteiger partial charge in [0, 0.05) is 0 Å². The molecule has 10 heteroatoms. The summed E-state index contributed by atoms with van der Waals surface area (Å²) in [6.45, 7) is 11.9. The third-order valence-electron chi connectivity index (χ3n) is 4.59. The number of alkyl carbamates (subject to hydrolysis) is 2. The van der Waals surface area contributed by atoms with E-state index >= 15 is 0 Å². The fraction of sp³-hybridized carbons (Fsp3) is 0.909. The Kier molecular flexibility index (Phi) is 11.7. The zero-order valence-corrected chi connectivity index (χ0v) is 20.3. The summed E-state index contributed by atoms with van der Waals surface area (Å²) in [6.07, 6.45) is 2.14. The summed E-state index contributed by atoms with van der Waals surface area (Å²) in [7, 11) is 0. The maximum Gasteiger partial charge on any atom is 0.407 e. The van der Waals surface area contributed by atoms with Crippen LogP contribution in [0.15, 0.2) is 0 Å². The normalized spacial score (nSPS) is 26.2. The fourth-order valence-corrected chi connectivity index (χ4v) is 3.08. The Bertz CT molecular complexity index is 507. The first-order valence-corrected chi connectivity index (χ1v) is 11.2. The van der Waals surface area contributed by atoms with Crippen LogP contribution in [0.3, 0.4) is 0 Å². The van der Waals surface area contributed by atoms with E-state index in [1.54, 1.807) is 0 Å². The molecular weight excluding hydrogens is 420 g/mol. The summed E-state index contributed by atoms with van der Waals surface area (Å²) in [5, 5.41) is 23.3. The number of hydrogen-bond donors (Lipinski definition) is 4. The number of aliphatic hydroxyl groups is 2. The molecule has 32 heavy (non-hydrogen) atoms. The van der Waals surface area contributed by atoms with Gasteiger partial charge in [0.2, 0.25) is 0 Å². The molecule has 0 aromatic carbocycles. The lowest BCUT2D eigenvalue weighted by atomic mass is 10.1. The monoisotopic (exact) mass is 462 g/mol. The van der Waals surface area contributed by atoms with Crippen molar-refractivity contribution in [1.29, 1.82) is 0 Å². The van der Waals surface area contributed by atoms with Crippen LogP contribution in [0.5, 0.6) is 0 Å². The highest BCUT2D eigenvalue weighted by Crippen LogP contribution is 2.15. The molecule has 0 bridgehead atoms. The first kappa shape index (κ1) is 28.4. The molecular formula is C22H42N2O8. The number of ether oxygens (including phenoxy) is 4. The minimum Gasteiger partial charge on any atom is -0.444 e. The second-order valence-electron chi connectivity index (χ2n) is 10.1. The van der Waals surface area contributed by atoms with Gasteiger partial charge in [0.15, 0.2) is 0 Å². The van der Waals surface area contributed by atoms with Gasteiger partial charge in [-0.05, 0) is 67.2 Å². The molecule has 4 N–H and O–H groups in total. The van der Waals surface area contributed by atoms with E-state index in [-0.39, 0.29) is 37.5 Å². The molecule has 188 valence electrons. The lowest BCUT2D eigenvalue weighted by molar-refractivity contribution is -0.0336. The Hall–Kier alpha value is -1.62. The summed E-state index contributed by atoms with van der Waals surface area (Å²) in [5.74, 6) is 0. The van der Waals surface area contributed by atoms with Crippen molar-refractivity contribution in [3.8, 4) is 0 Å². The van der Waals surface area contributed by atoms with E-state index in [1.165, 1.54) is 0 Å². The van der Waals surface area contributed by atoms with Crippen molar-refractivity contribution in [3.63, 3.8) is 0 Å². The van der Waals surface area contributed by atoms with Gasteiger partial charge in [0.05, 0.1) is 50.7 Å². The Morgan fingerprint density at radius 1 is 0.750 bits per heavy atom. The first-order chi connectivity index (χ1) is 14.8. The number of amides is 2. The molecule has 0 aromatic heterocycles. The number of carbonyl (C=O) groups is 2. The minimum atomic E-state index is -0.479. The summed E-state index contributed by atoms with van der Waals surface area (Å²) in [5.41, 5.74) is -0.958. The summed E-state index contributed by atoms with van der Waals surface area (Å²) >= 11 is 0. The number of carbonyl (C=O) groups excluding carboxylic acids is 2. The van der Waals surface area contributed by atoms with Crippen LogP contribution in [-0.2, 0) is 18.9 Å². The molecule has 0 aliphatic carbocycles. The van der Waals surface area contributed by atoms with Crippen molar-refractivity contribution in [1.82, 2.24) is 10.6 Å². The van der Waals surface area contributed by atoms with Crippen molar-refractivity contribution in [2.24, 2.45) is 0 Å². The van der Waals surface area contributed by atoms with E-state index in [4.69, 9.17) is 29.2 Å². The number of rotatable bonds is 4. The standard InChI is InChI=1S/2C11H21NO4/c2*1-11(2,3)16-10(14)12-8-4-5-9(6-13)15-7-8/h2*8-9,13H,4-7H2,1-3H3,(H,12,14)/t2*8-,9-/m10/s1. The zero-order chi connectivity index (χ0) is 24.4. The van der Waals surface area contributed by atoms with Crippen LogP contribution in [0, 0.1) is 0 Å². The van der Waals surface area contributed by atoms with Crippen LogP contribution in [0.2, 0.25) is 0 Å². The van der Waals surface area contributed by atoms with Crippen LogP contribution in [0.25, 0.3) is 0 Å². The lowest BCUT2D eigenvalue weighted by Crippen LogP contribution is -2.45. The van der Waals surface area contributed by atoms with E-state index in [1.807, 2.05) is 41.5 Å². The molecule has 4 atom stereocenters.